The molecule has 0 bridgehead atoms. The van der Waals surface area contributed by atoms with Crippen LogP contribution in [0, 0.1) is 0 Å². The maximum absolute atomic E-state index is 13.5. The number of benzene rings is 2. The van der Waals surface area contributed by atoms with E-state index in [1.165, 1.54) is 18.6 Å². The van der Waals surface area contributed by atoms with Crippen LogP contribution in [-0.4, -0.2) is 16.0 Å². The van der Waals surface area contributed by atoms with Gasteiger partial charge in [-0.2, -0.15) is 18.2 Å². The molecule has 1 aliphatic carbocycles. The van der Waals surface area contributed by atoms with E-state index in [0.29, 0.717) is 11.6 Å². The highest BCUT2D eigenvalue weighted by molar-refractivity contribution is 6.33. The fraction of sp³-hybridized carbons (Fsp3) is 0.304. The van der Waals surface area contributed by atoms with E-state index in [9.17, 15) is 13.2 Å². The molecular weight excluding hydrogens is 425 g/mol. The number of anilines is 3. The summed E-state index contributed by atoms with van der Waals surface area (Å²) in [4.78, 5) is 9.07. The standard InChI is InChI=1S/C23H22ClF3N4/c24-18-13-7-12-17(23(25,26)27)21(18)30-20-14-19(15-8-3-1-4-9-15)29-22(31-20)28-16-10-5-2-6-11-16/h1,3-4,7-9,12-14,16H,2,5-6,10-11H2,(H2,28,29,30,31). The van der Waals surface area contributed by atoms with Gasteiger partial charge in [-0.1, -0.05) is 67.3 Å². The zero-order valence-electron chi connectivity index (χ0n) is 16.7. The molecule has 1 fully saturated rings. The molecule has 2 aromatic carbocycles. The summed E-state index contributed by atoms with van der Waals surface area (Å²) in [5.74, 6) is 0.627. The van der Waals surface area contributed by atoms with Gasteiger partial charge < -0.3 is 10.6 Å². The Bertz CT molecular complexity index is 1030. The van der Waals surface area contributed by atoms with E-state index in [-0.39, 0.29) is 22.6 Å². The zero-order valence-corrected chi connectivity index (χ0v) is 17.5. The van der Waals surface area contributed by atoms with E-state index >= 15 is 0 Å². The maximum Gasteiger partial charge on any atom is 0.418 e. The topological polar surface area (TPSA) is 49.8 Å². The fourth-order valence-corrected chi connectivity index (χ4v) is 4.00. The van der Waals surface area contributed by atoms with E-state index in [1.54, 1.807) is 6.07 Å². The summed E-state index contributed by atoms with van der Waals surface area (Å²) in [6, 6.07) is 15.0. The Balaban J connectivity index is 1.73. The maximum atomic E-state index is 13.5. The molecule has 162 valence electrons. The summed E-state index contributed by atoms with van der Waals surface area (Å²) >= 11 is 6.12. The molecule has 0 saturated heterocycles. The summed E-state index contributed by atoms with van der Waals surface area (Å²) in [6.45, 7) is 0. The number of hydrogen-bond acceptors (Lipinski definition) is 4. The number of aromatic nitrogens is 2. The Labute approximate surface area is 183 Å². The first-order chi connectivity index (χ1) is 14.9. The largest absolute Gasteiger partial charge is 0.418 e. The normalized spacial score (nSPS) is 15.0. The number of rotatable bonds is 5. The van der Waals surface area contributed by atoms with Crippen molar-refractivity contribution in [2.24, 2.45) is 0 Å². The molecule has 1 aliphatic rings. The average Bonchev–Trinajstić information content (AvgIpc) is 2.75. The smallest absolute Gasteiger partial charge is 0.351 e. The van der Waals surface area contributed by atoms with Crippen molar-refractivity contribution < 1.29 is 13.2 Å². The van der Waals surface area contributed by atoms with Gasteiger partial charge in [-0.25, -0.2) is 4.98 Å². The lowest BCUT2D eigenvalue weighted by atomic mass is 9.96. The average molecular weight is 447 g/mol. The van der Waals surface area contributed by atoms with E-state index < -0.39 is 11.7 Å². The third kappa shape index (κ3) is 5.28. The van der Waals surface area contributed by atoms with Gasteiger partial charge in [-0.05, 0) is 25.0 Å². The summed E-state index contributed by atoms with van der Waals surface area (Å²) < 4.78 is 40.6. The van der Waals surface area contributed by atoms with Crippen molar-refractivity contribution >= 4 is 29.1 Å². The minimum absolute atomic E-state index is 0.0310. The van der Waals surface area contributed by atoms with E-state index in [4.69, 9.17) is 11.6 Å². The molecule has 4 nitrogen and oxygen atoms in total. The first-order valence-corrected chi connectivity index (χ1v) is 10.6. The molecule has 0 amide bonds. The van der Waals surface area contributed by atoms with Gasteiger partial charge in [0.2, 0.25) is 5.95 Å². The van der Waals surface area contributed by atoms with Crippen molar-refractivity contribution in [2.45, 2.75) is 44.3 Å². The second kappa shape index (κ2) is 9.14. The number of nitrogens with zero attached hydrogens (tertiary/aromatic N) is 2. The molecule has 8 heteroatoms. The Kier molecular flexibility index (Phi) is 6.32. The summed E-state index contributed by atoms with van der Waals surface area (Å²) in [7, 11) is 0. The lowest BCUT2D eigenvalue weighted by Gasteiger charge is -2.23. The molecule has 31 heavy (non-hydrogen) atoms. The minimum atomic E-state index is -4.55. The van der Waals surface area contributed by atoms with Crippen LogP contribution in [0.25, 0.3) is 11.3 Å². The molecule has 0 spiro atoms. The van der Waals surface area contributed by atoms with Crippen LogP contribution in [0.5, 0.6) is 0 Å². The van der Waals surface area contributed by atoms with Crippen LogP contribution in [0.15, 0.2) is 54.6 Å². The van der Waals surface area contributed by atoms with Crippen molar-refractivity contribution in [3.63, 3.8) is 0 Å². The Hall–Kier alpha value is -2.80. The van der Waals surface area contributed by atoms with Crippen molar-refractivity contribution in [1.82, 2.24) is 9.97 Å². The van der Waals surface area contributed by atoms with Crippen molar-refractivity contribution in [1.29, 1.82) is 0 Å². The molecule has 0 atom stereocenters. The first kappa shape index (κ1) is 21.4. The van der Waals surface area contributed by atoms with Crippen LogP contribution in [0.2, 0.25) is 5.02 Å². The molecular formula is C23H22ClF3N4. The Morgan fingerprint density at radius 2 is 1.65 bits per heavy atom. The molecule has 0 unspecified atom stereocenters. The highest BCUT2D eigenvalue weighted by Crippen LogP contribution is 2.40. The molecule has 4 rings (SSSR count). The van der Waals surface area contributed by atoms with Gasteiger partial charge in [0, 0.05) is 17.7 Å². The van der Waals surface area contributed by atoms with E-state index in [1.807, 2.05) is 30.3 Å². The van der Waals surface area contributed by atoms with Gasteiger partial charge in [0.25, 0.3) is 0 Å². The zero-order chi connectivity index (χ0) is 21.8. The van der Waals surface area contributed by atoms with Gasteiger partial charge in [-0.3, -0.25) is 0 Å². The van der Waals surface area contributed by atoms with Crippen LogP contribution < -0.4 is 10.6 Å². The Morgan fingerprint density at radius 1 is 0.903 bits per heavy atom. The fourth-order valence-electron chi connectivity index (χ4n) is 3.78. The highest BCUT2D eigenvalue weighted by Gasteiger charge is 2.34. The minimum Gasteiger partial charge on any atom is -0.351 e. The summed E-state index contributed by atoms with van der Waals surface area (Å²) in [5.41, 5.74) is 0.381. The monoisotopic (exact) mass is 446 g/mol. The molecule has 3 aromatic rings. The third-order valence-electron chi connectivity index (χ3n) is 5.31. The van der Waals surface area contributed by atoms with E-state index in [2.05, 4.69) is 20.6 Å². The van der Waals surface area contributed by atoms with Crippen LogP contribution in [0.4, 0.5) is 30.6 Å². The van der Waals surface area contributed by atoms with Gasteiger partial charge in [0.1, 0.15) is 5.82 Å². The van der Waals surface area contributed by atoms with Crippen LogP contribution in [-0.2, 0) is 6.18 Å². The van der Waals surface area contributed by atoms with Gasteiger partial charge >= 0.3 is 6.18 Å². The number of halogens is 4. The van der Waals surface area contributed by atoms with Gasteiger partial charge in [0.15, 0.2) is 0 Å². The SMILES string of the molecule is FC(F)(F)c1cccc(Cl)c1Nc1cc(-c2ccccc2)nc(NC2CCCCC2)n1. The molecule has 2 N–H and O–H groups in total. The number of nitrogens with one attached hydrogen (secondary N) is 2. The van der Waals surface area contributed by atoms with Crippen molar-refractivity contribution in [3.05, 3.63) is 65.2 Å². The molecule has 0 aliphatic heterocycles. The first-order valence-electron chi connectivity index (χ1n) is 10.2. The predicted molar refractivity (Wildman–Crippen MR) is 118 cm³/mol. The van der Waals surface area contributed by atoms with Crippen molar-refractivity contribution in [3.8, 4) is 11.3 Å². The van der Waals surface area contributed by atoms with Gasteiger partial charge in [-0.15, -0.1) is 0 Å². The molecule has 1 aromatic heterocycles. The number of hydrogen-bond donors (Lipinski definition) is 2. The molecule has 0 radical (unpaired) electrons. The third-order valence-corrected chi connectivity index (χ3v) is 5.62. The highest BCUT2D eigenvalue weighted by atomic mass is 35.5. The molecule has 1 heterocycles. The number of alkyl halides is 3. The van der Waals surface area contributed by atoms with Crippen molar-refractivity contribution in [2.75, 3.05) is 10.6 Å². The lowest BCUT2D eigenvalue weighted by molar-refractivity contribution is -0.136. The van der Waals surface area contributed by atoms with Crippen LogP contribution >= 0.6 is 11.6 Å². The van der Waals surface area contributed by atoms with E-state index in [0.717, 1.165) is 37.3 Å². The second-order valence-electron chi connectivity index (χ2n) is 7.59. The molecule has 1 saturated carbocycles. The lowest BCUT2D eigenvalue weighted by Crippen LogP contribution is -2.23. The second-order valence-corrected chi connectivity index (χ2v) is 8.00. The quantitative estimate of drug-likeness (QED) is 0.431. The Morgan fingerprint density at radius 3 is 2.35 bits per heavy atom. The summed E-state index contributed by atoms with van der Waals surface area (Å²) in [6.07, 6.45) is 0.967. The van der Waals surface area contributed by atoms with Crippen LogP contribution in [0.1, 0.15) is 37.7 Å². The number of para-hydroxylation sites is 1. The summed E-state index contributed by atoms with van der Waals surface area (Å²) in [5, 5.41) is 6.12. The predicted octanol–water partition coefficient (Wildman–Crippen LogP) is 7.30. The van der Waals surface area contributed by atoms with Crippen LogP contribution in [0.3, 0.4) is 0 Å². The van der Waals surface area contributed by atoms with Gasteiger partial charge in [0.05, 0.1) is 22.0 Å².